The average Bonchev–Trinajstić information content (AvgIpc) is 3.26. The zero-order chi connectivity index (χ0) is 19.9. The maximum atomic E-state index is 13.3. The molecule has 1 N–H and O–H groups in total. The molecule has 1 fully saturated rings. The van der Waals surface area contributed by atoms with Crippen LogP contribution in [0.5, 0.6) is 0 Å². The molecule has 3 rings (SSSR count). The minimum atomic E-state index is -0.817. The molecule has 28 heavy (non-hydrogen) atoms. The van der Waals surface area contributed by atoms with Crippen molar-refractivity contribution in [1.29, 1.82) is 5.26 Å². The second-order valence-electron chi connectivity index (χ2n) is 6.82. The van der Waals surface area contributed by atoms with E-state index < -0.39 is 6.04 Å². The minimum absolute atomic E-state index is 0.127. The third-order valence-electron chi connectivity index (χ3n) is 4.91. The van der Waals surface area contributed by atoms with Crippen LogP contribution in [0.2, 0.25) is 0 Å². The van der Waals surface area contributed by atoms with Gasteiger partial charge in [0.05, 0.1) is 11.6 Å². The van der Waals surface area contributed by atoms with Crippen LogP contribution >= 0.6 is 22.9 Å². The first-order chi connectivity index (χ1) is 13.6. The van der Waals surface area contributed by atoms with Gasteiger partial charge < -0.3 is 5.32 Å². The lowest BCUT2D eigenvalue weighted by Gasteiger charge is -2.32. The first-order valence-electron chi connectivity index (χ1n) is 9.36. The third-order valence-corrected chi connectivity index (χ3v) is 6.06. The van der Waals surface area contributed by atoms with Gasteiger partial charge >= 0.3 is 0 Å². The fourth-order valence-electron chi connectivity index (χ4n) is 3.57. The molecule has 2 amide bonds. The number of hydrogen-bond acceptors (Lipinski definition) is 4. The SMILES string of the molecule is N#Cc1cccc(N(C(=O)CCl)C(C(=O)NC2CCCCC2)c2cccs2)c1. The molecule has 0 bridgehead atoms. The zero-order valence-corrected chi connectivity index (χ0v) is 17.0. The highest BCUT2D eigenvalue weighted by Gasteiger charge is 2.34. The summed E-state index contributed by atoms with van der Waals surface area (Å²) < 4.78 is 0. The lowest BCUT2D eigenvalue weighted by Crippen LogP contribution is -2.47. The number of thiophene rings is 1. The highest BCUT2D eigenvalue weighted by Crippen LogP contribution is 2.32. The van der Waals surface area contributed by atoms with Gasteiger partial charge in [-0.1, -0.05) is 31.4 Å². The Hall–Kier alpha value is -2.36. The second kappa shape index (κ2) is 9.72. The molecular weight excluding hydrogens is 394 g/mol. The van der Waals surface area contributed by atoms with E-state index in [1.807, 2.05) is 17.5 Å². The van der Waals surface area contributed by atoms with E-state index in [1.54, 1.807) is 24.3 Å². The maximum absolute atomic E-state index is 13.3. The van der Waals surface area contributed by atoms with Crippen LogP contribution in [0, 0.1) is 11.3 Å². The standard InChI is InChI=1S/C21H22ClN3O2S/c22-13-19(26)25(17-9-4-6-15(12-17)14-23)20(18-10-5-11-28-18)21(27)24-16-7-2-1-3-8-16/h4-6,9-12,16,20H,1-3,7-8,13H2,(H,24,27). The Morgan fingerprint density at radius 1 is 1.25 bits per heavy atom. The van der Waals surface area contributed by atoms with E-state index >= 15 is 0 Å². The smallest absolute Gasteiger partial charge is 0.248 e. The molecular formula is C21H22ClN3O2S. The molecule has 1 atom stereocenters. The van der Waals surface area contributed by atoms with Crippen molar-refractivity contribution in [2.24, 2.45) is 0 Å². The number of halogens is 1. The average molecular weight is 416 g/mol. The normalized spacial score (nSPS) is 15.4. The van der Waals surface area contributed by atoms with Gasteiger partial charge in [0.2, 0.25) is 11.8 Å². The van der Waals surface area contributed by atoms with Gasteiger partial charge in [0.15, 0.2) is 0 Å². The van der Waals surface area contributed by atoms with Crippen molar-refractivity contribution < 1.29 is 9.59 Å². The highest BCUT2D eigenvalue weighted by molar-refractivity contribution is 7.10. The number of anilines is 1. The van der Waals surface area contributed by atoms with Crippen LogP contribution in [0.15, 0.2) is 41.8 Å². The predicted octanol–water partition coefficient (Wildman–Crippen LogP) is 4.38. The van der Waals surface area contributed by atoms with E-state index in [0.717, 1.165) is 30.6 Å². The van der Waals surface area contributed by atoms with Gasteiger partial charge in [-0.15, -0.1) is 22.9 Å². The van der Waals surface area contributed by atoms with Crippen molar-refractivity contribution in [3.05, 3.63) is 52.2 Å². The topological polar surface area (TPSA) is 73.2 Å². The van der Waals surface area contributed by atoms with Crippen LogP contribution in [0.4, 0.5) is 5.69 Å². The number of carbonyl (C=O) groups is 2. The van der Waals surface area contributed by atoms with E-state index in [-0.39, 0.29) is 23.7 Å². The Morgan fingerprint density at radius 2 is 2.04 bits per heavy atom. The Morgan fingerprint density at radius 3 is 2.68 bits per heavy atom. The molecule has 1 heterocycles. The lowest BCUT2D eigenvalue weighted by atomic mass is 9.95. The van der Waals surface area contributed by atoms with Crippen molar-refractivity contribution in [1.82, 2.24) is 5.32 Å². The van der Waals surface area contributed by atoms with E-state index in [2.05, 4.69) is 11.4 Å². The molecule has 5 nitrogen and oxygen atoms in total. The number of benzene rings is 1. The largest absolute Gasteiger partial charge is 0.351 e. The number of nitrogens with zero attached hydrogens (tertiary/aromatic N) is 2. The first-order valence-corrected chi connectivity index (χ1v) is 10.8. The molecule has 0 spiro atoms. The molecule has 2 aromatic rings. The predicted molar refractivity (Wildman–Crippen MR) is 111 cm³/mol. The summed E-state index contributed by atoms with van der Waals surface area (Å²) in [7, 11) is 0. The molecule has 1 aliphatic carbocycles. The lowest BCUT2D eigenvalue weighted by molar-refractivity contribution is -0.126. The van der Waals surface area contributed by atoms with Gasteiger partial charge in [-0.05, 0) is 42.5 Å². The van der Waals surface area contributed by atoms with Gasteiger partial charge in [0.1, 0.15) is 11.9 Å². The van der Waals surface area contributed by atoms with E-state index in [4.69, 9.17) is 11.6 Å². The van der Waals surface area contributed by atoms with Crippen molar-refractivity contribution in [3.8, 4) is 6.07 Å². The fourth-order valence-corrected chi connectivity index (χ4v) is 4.52. The van der Waals surface area contributed by atoms with Crippen LogP contribution < -0.4 is 10.2 Å². The number of carbonyl (C=O) groups excluding carboxylic acids is 2. The van der Waals surface area contributed by atoms with E-state index in [9.17, 15) is 14.9 Å². The first kappa shape index (κ1) is 20.4. The monoisotopic (exact) mass is 415 g/mol. The summed E-state index contributed by atoms with van der Waals surface area (Å²) in [4.78, 5) is 28.2. The van der Waals surface area contributed by atoms with Crippen LogP contribution in [0.25, 0.3) is 0 Å². The summed E-state index contributed by atoms with van der Waals surface area (Å²) in [5.74, 6) is -0.848. The summed E-state index contributed by atoms with van der Waals surface area (Å²) in [6, 6.07) is 11.8. The number of hydrogen-bond donors (Lipinski definition) is 1. The Bertz CT molecular complexity index is 857. The summed E-state index contributed by atoms with van der Waals surface area (Å²) in [6.45, 7) is 0. The summed E-state index contributed by atoms with van der Waals surface area (Å²) in [5.41, 5.74) is 0.907. The van der Waals surface area contributed by atoms with Crippen molar-refractivity contribution in [3.63, 3.8) is 0 Å². The van der Waals surface area contributed by atoms with Crippen molar-refractivity contribution >= 4 is 40.4 Å². The van der Waals surface area contributed by atoms with E-state index in [0.29, 0.717) is 11.3 Å². The molecule has 146 valence electrons. The third kappa shape index (κ3) is 4.73. The zero-order valence-electron chi connectivity index (χ0n) is 15.4. The number of nitrogens with one attached hydrogen (secondary N) is 1. The number of rotatable bonds is 6. The molecule has 0 radical (unpaired) electrons. The maximum Gasteiger partial charge on any atom is 0.248 e. The molecule has 7 heteroatoms. The molecule has 1 unspecified atom stereocenters. The Kier molecular flexibility index (Phi) is 7.07. The minimum Gasteiger partial charge on any atom is -0.351 e. The van der Waals surface area contributed by atoms with Crippen LogP contribution in [0.1, 0.15) is 48.6 Å². The summed E-state index contributed by atoms with van der Waals surface area (Å²) in [6.07, 6.45) is 5.30. The van der Waals surface area contributed by atoms with Crippen molar-refractivity contribution in [2.75, 3.05) is 10.8 Å². The Labute approximate surface area is 173 Å². The van der Waals surface area contributed by atoms with Crippen LogP contribution in [-0.2, 0) is 9.59 Å². The molecule has 0 aliphatic heterocycles. The number of alkyl halides is 1. The molecule has 0 saturated heterocycles. The molecule has 1 saturated carbocycles. The van der Waals surface area contributed by atoms with Gasteiger partial charge in [-0.2, -0.15) is 5.26 Å². The molecule has 1 aliphatic rings. The summed E-state index contributed by atoms with van der Waals surface area (Å²) >= 11 is 7.31. The number of amides is 2. The Balaban J connectivity index is 1.98. The second-order valence-corrected chi connectivity index (χ2v) is 8.07. The number of nitriles is 1. The fraction of sp³-hybridized carbons (Fsp3) is 0.381. The summed E-state index contributed by atoms with van der Waals surface area (Å²) in [5, 5.41) is 14.2. The van der Waals surface area contributed by atoms with Gasteiger partial charge in [-0.25, -0.2) is 0 Å². The van der Waals surface area contributed by atoms with Gasteiger partial charge in [0, 0.05) is 16.6 Å². The van der Waals surface area contributed by atoms with E-state index in [1.165, 1.54) is 22.7 Å². The van der Waals surface area contributed by atoms with Crippen molar-refractivity contribution in [2.45, 2.75) is 44.2 Å². The molecule has 1 aromatic heterocycles. The van der Waals surface area contributed by atoms with Gasteiger partial charge in [-0.3, -0.25) is 14.5 Å². The van der Waals surface area contributed by atoms with Crippen LogP contribution in [0.3, 0.4) is 0 Å². The highest BCUT2D eigenvalue weighted by atomic mass is 35.5. The molecule has 1 aromatic carbocycles. The van der Waals surface area contributed by atoms with Gasteiger partial charge in [0.25, 0.3) is 0 Å². The van der Waals surface area contributed by atoms with Crippen LogP contribution in [-0.4, -0.2) is 23.7 Å². The quantitative estimate of drug-likeness (QED) is 0.711.